The van der Waals surface area contributed by atoms with Crippen LogP contribution in [0.15, 0.2) is 41.4 Å². The number of nitrogens with zero attached hydrogens (tertiary/aromatic N) is 2. The van der Waals surface area contributed by atoms with Gasteiger partial charge in [0.25, 0.3) is 0 Å². The summed E-state index contributed by atoms with van der Waals surface area (Å²) in [6.45, 7) is 5.61. The van der Waals surface area contributed by atoms with E-state index in [2.05, 4.69) is 10.3 Å². The van der Waals surface area contributed by atoms with Crippen molar-refractivity contribution in [2.75, 3.05) is 18.5 Å². The van der Waals surface area contributed by atoms with Gasteiger partial charge in [-0.1, -0.05) is 0 Å². The van der Waals surface area contributed by atoms with Crippen LogP contribution in [0.2, 0.25) is 0 Å². The largest absolute Gasteiger partial charge is 0.490 e. The van der Waals surface area contributed by atoms with Crippen molar-refractivity contribution in [3.63, 3.8) is 0 Å². The van der Waals surface area contributed by atoms with Crippen molar-refractivity contribution >= 4 is 29.2 Å². The van der Waals surface area contributed by atoms with E-state index in [9.17, 15) is 14.9 Å². The Hall–Kier alpha value is -3.42. The number of benzene rings is 2. The van der Waals surface area contributed by atoms with Crippen LogP contribution < -0.4 is 14.8 Å². The number of rotatable bonds is 8. The average molecular weight is 371 g/mol. The summed E-state index contributed by atoms with van der Waals surface area (Å²) in [5.41, 5.74) is 1.64. The van der Waals surface area contributed by atoms with Crippen molar-refractivity contribution in [3.8, 4) is 11.5 Å². The Morgan fingerprint density at radius 2 is 1.85 bits per heavy atom. The normalized spacial score (nSPS) is 10.6. The van der Waals surface area contributed by atoms with Crippen LogP contribution in [-0.4, -0.2) is 30.3 Å². The van der Waals surface area contributed by atoms with E-state index in [1.807, 2.05) is 0 Å². The molecule has 0 unspecified atom stereocenters. The molecule has 2 aromatic rings. The molecule has 0 bridgehead atoms. The minimum absolute atomic E-state index is 0.112. The second-order valence-corrected chi connectivity index (χ2v) is 5.48. The van der Waals surface area contributed by atoms with Gasteiger partial charge in [-0.15, -0.1) is 0 Å². The highest BCUT2D eigenvalue weighted by atomic mass is 16.6. The van der Waals surface area contributed by atoms with Crippen molar-refractivity contribution in [2.45, 2.75) is 20.8 Å². The van der Waals surface area contributed by atoms with Gasteiger partial charge >= 0.3 is 5.69 Å². The summed E-state index contributed by atoms with van der Waals surface area (Å²) in [7, 11) is 0. The van der Waals surface area contributed by atoms with Gasteiger partial charge in [-0.05, 0) is 44.2 Å². The molecule has 27 heavy (non-hydrogen) atoms. The highest BCUT2D eigenvalue weighted by Gasteiger charge is 2.22. The van der Waals surface area contributed by atoms with Crippen LogP contribution >= 0.6 is 0 Å². The zero-order valence-electron chi connectivity index (χ0n) is 15.4. The van der Waals surface area contributed by atoms with Crippen molar-refractivity contribution in [1.29, 1.82) is 0 Å². The number of carbonyl (C=O) groups is 1. The third-order valence-electron chi connectivity index (χ3n) is 3.39. The standard InChI is InChI=1S/C19H21N3O5/c1-4-26-18-11-14(10-17(22(24)25)19(18)27-5-2)12-20-15-6-8-16(9-7-15)21-13(3)23/h6-12H,4-5H2,1-3H3,(H,21,23). The van der Waals surface area contributed by atoms with Crippen LogP contribution in [0.4, 0.5) is 17.1 Å². The maximum absolute atomic E-state index is 11.4. The molecule has 0 saturated carbocycles. The Morgan fingerprint density at radius 3 is 2.41 bits per heavy atom. The van der Waals surface area contributed by atoms with E-state index in [0.29, 0.717) is 29.3 Å². The first-order valence-corrected chi connectivity index (χ1v) is 8.44. The van der Waals surface area contributed by atoms with E-state index in [4.69, 9.17) is 9.47 Å². The summed E-state index contributed by atoms with van der Waals surface area (Å²) in [4.78, 5) is 26.2. The molecule has 0 fully saturated rings. The lowest BCUT2D eigenvalue weighted by Gasteiger charge is -2.11. The molecule has 0 aliphatic carbocycles. The Morgan fingerprint density at radius 1 is 1.19 bits per heavy atom. The number of amides is 1. The zero-order chi connectivity index (χ0) is 19.8. The van der Waals surface area contributed by atoms with Crippen molar-refractivity contribution in [1.82, 2.24) is 0 Å². The summed E-state index contributed by atoms with van der Waals surface area (Å²) < 4.78 is 10.9. The molecule has 142 valence electrons. The van der Waals surface area contributed by atoms with Crippen LogP contribution in [0.5, 0.6) is 11.5 Å². The summed E-state index contributed by atoms with van der Waals surface area (Å²) >= 11 is 0. The number of carbonyl (C=O) groups excluding carboxylic acids is 1. The first-order valence-electron chi connectivity index (χ1n) is 8.44. The van der Waals surface area contributed by atoms with Crippen LogP contribution in [0.25, 0.3) is 0 Å². The molecule has 0 spiro atoms. The van der Waals surface area contributed by atoms with E-state index < -0.39 is 4.92 Å². The number of anilines is 1. The van der Waals surface area contributed by atoms with Gasteiger partial charge in [0.15, 0.2) is 5.75 Å². The first kappa shape index (κ1) is 19.9. The van der Waals surface area contributed by atoms with E-state index >= 15 is 0 Å². The molecule has 0 radical (unpaired) electrons. The zero-order valence-corrected chi connectivity index (χ0v) is 15.4. The summed E-state index contributed by atoms with van der Waals surface area (Å²) in [6.07, 6.45) is 1.51. The number of nitro benzene ring substituents is 1. The quantitative estimate of drug-likeness (QED) is 0.427. The third kappa shape index (κ3) is 5.53. The molecule has 2 aromatic carbocycles. The van der Waals surface area contributed by atoms with Gasteiger partial charge in [0.2, 0.25) is 11.7 Å². The molecule has 0 atom stereocenters. The second kappa shape index (κ2) is 9.33. The number of hydrogen-bond acceptors (Lipinski definition) is 6. The molecule has 0 aliphatic heterocycles. The number of hydrogen-bond donors (Lipinski definition) is 1. The predicted molar refractivity (Wildman–Crippen MR) is 103 cm³/mol. The van der Waals surface area contributed by atoms with Crippen LogP contribution in [0.3, 0.4) is 0 Å². The van der Waals surface area contributed by atoms with Crippen LogP contribution in [-0.2, 0) is 4.79 Å². The van der Waals surface area contributed by atoms with Gasteiger partial charge in [0, 0.05) is 30.5 Å². The number of nitro groups is 1. The van der Waals surface area contributed by atoms with Gasteiger partial charge in [-0.2, -0.15) is 0 Å². The molecule has 0 aliphatic rings. The average Bonchev–Trinajstić information content (AvgIpc) is 2.62. The van der Waals surface area contributed by atoms with Gasteiger partial charge in [-0.3, -0.25) is 19.9 Å². The summed E-state index contributed by atoms with van der Waals surface area (Å²) in [5.74, 6) is 0.258. The minimum Gasteiger partial charge on any atom is -0.490 e. The fourth-order valence-electron chi connectivity index (χ4n) is 2.35. The Labute approximate surface area is 157 Å². The molecule has 0 saturated heterocycles. The molecule has 0 aromatic heterocycles. The molecule has 0 heterocycles. The third-order valence-corrected chi connectivity index (χ3v) is 3.39. The van der Waals surface area contributed by atoms with Crippen molar-refractivity contribution in [2.24, 2.45) is 4.99 Å². The minimum atomic E-state index is -0.507. The fraction of sp³-hybridized carbons (Fsp3) is 0.263. The van der Waals surface area contributed by atoms with Gasteiger partial charge < -0.3 is 14.8 Å². The predicted octanol–water partition coefficient (Wildman–Crippen LogP) is 4.10. The number of aliphatic imine (C=N–C) groups is 1. The monoisotopic (exact) mass is 371 g/mol. The number of nitrogens with one attached hydrogen (secondary N) is 1. The molecule has 2 rings (SSSR count). The lowest BCUT2D eigenvalue weighted by molar-refractivity contribution is -0.385. The van der Waals surface area contributed by atoms with E-state index in [1.54, 1.807) is 44.2 Å². The van der Waals surface area contributed by atoms with Gasteiger partial charge in [0.1, 0.15) is 0 Å². The van der Waals surface area contributed by atoms with E-state index in [-0.39, 0.29) is 24.0 Å². The van der Waals surface area contributed by atoms with E-state index in [0.717, 1.165) is 0 Å². The maximum Gasteiger partial charge on any atom is 0.315 e. The number of ether oxygens (including phenoxy) is 2. The molecule has 1 N–H and O–H groups in total. The van der Waals surface area contributed by atoms with Crippen molar-refractivity contribution < 1.29 is 19.2 Å². The lowest BCUT2D eigenvalue weighted by Crippen LogP contribution is -2.04. The SMILES string of the molecule is CCOc1cc(C=Nc2ccc(NC(C)=O)cc2)cc([N+](=O)[O-])c1OCC. The summed E-state index contributed by atoms with van der Waals surface area (Å²) in [5, 5.41) is 14.1. The Kier molecular flexibility index (Phi) is 6.87. The van der Waals surface area contributed by atoms with Gasteiger partial charge in [0.05, 0.1) is 23.8 Å². The fourth-order valence-corrected chi connectivity index (χ4v) is 2.35. The highest BCUT2D eigenvalue weighted by Crippen LogP contribution is 2.38. The second-order valence-electron chi connectivity index (χ2n) is 5.48. The molecular weight excluding hydrogens is 350 g/mol. The molecule has 8 heteroatoms. The van der Waals surface area contributed by atoms with Crippen LogP contribution in [0.1, 0.15) is 26.3 Å². The molecule has 8 nitrogen and oxygen atoms in total. The van der Waals surface area contributed by atoms with Gasteiger partial charge in [-0.25, -0.2) is 0 Å². The first-order chi connectivity index (χ1) is 12.9. The highest BCUT2D eigenvalue weighted by molar-refractivity contribution is 5.89. The molecular formula is C19H21N3O5. The maximum atomic E-state index is 11.4. The van der Waals surface area contributed by atoms with Crippen LogP contribution in [0, 0.1) is 10.1 Å². The summed E-state index contributed by atoms with van der Waals surface area (Å²) in [6, 6.07) is 9.95. The smallest absolute Gasteiger partial charge is 0.315 e. The topological polar surface area (TPSA) is 103 Å². The van der Waals surface area contributed by atoms with E-state index in [1.165, 1.54) is 19.2 Å². The Balaban J connectivity index is 2.33. The molecule has 1 amide bonds. The van der Waals surface area contributed by atoms with Crippen molar-refractivity contribution in [3.05, 3.63) is 52.1 Å². The Bertz CT molecular complexity index is 847. The lowest BCUT2D eigenvalue weighted by atomic mass is 10.1.